The normalized spacial score (nSPS) is 17.5. The fourth-order valence-electron chi connectivity index (χ4n) is 2.68. The second-order valence-corrected chi connectivity index (χ2v) is 7.98. The SMILES string of the molecule is C[C@@H](C1CC1)N(C)S(=O)(=O)CCn1cnc2ccccc21. The minimum atomic E-state index is -3.22. The molecule has 1 aromatic carbocycles. The van der Waals surface area contributed by atoms with E-state index in [1.807, 2.05) is 35.8 Å². The first-order chi connectivity index (χ1) is 9.99. The zero-order valence-corrected chi connectivity index (χ0v) is 13.3. The van der Waals surface area contributed by atoms with E-state index < -0.39 is 10.0 Å². The Balaban J connectivity index is 1.71. The first-order valence-electron chi connectivity index (χ1n) is 7.34. The lowest BCUT2D eigenvalue weighted by Gasteiger charge is -2.24. The molecule has 1 saturated carbocycles. The van der Waals surface area contributed by atoms with Crippen molar-refractivity contribution in [1.82, 2.24) is 13.9 Å². The van der Waals surface area contributed by atoms with Crippen LogP contribution in [0, 0.1) is 5.92 Å². The van der Waals surface area contributed by atoms with Crippen LogP contribution in [0.15, 0.2) is 30.6 Å². The van der Waals surface area contributed by atoms with Gasteiger partial charge in [-0.15, -0.1) is 0 Å². The molecule has 1 heterocycles. The highest BCUT2D eigenvalue weighted by Crippen LogP contribution is 2.35. The van der Waals surface area contributed by atoms with Crippen molar-refractivity contribution in [3.63, 3.8) is 0 Å². The van der Waals surface area contributed by atoms with E-state index in [0.29, 0.717) is 12.5 Å². The lowest BCUT2D eigenvalue weighted by atomic mass is 10.2. The highest BCUT2D eigenvalue weighted by atomic mass is 32.2. The van der Waals surface area contributed by atoms with Gasteiger partial charge in [0.2, 0.25) is 10.0 Å². The molecule has 5 nitrogen and oxygen atoms in total. The number of nitrogens with zero attached hydrogens (tertiary/aromatic N) is 3. The quantitative estimate of drug-likeness (QED) is 0.821. The summed E-state index contributed by atoms with van der Waals surface area (Å²) in [5.41, 5.74) is 1.88. The second kappa shape index (κ2) is 5.42. The summed E-state index contributed by atoms with van der Waals surface area (Å²) in [5, 5.41) is 0. The summed E-state index contributed by atoms with van der Waals surface area (Å²) in [6.07, 6.45) is 4.00. The Bertz CT molecular complexity index is 734. The molecule has 0 N–H and O–H groups in total. The van der Waals surface area contributed by atoms with Gasteiger partial charge in [0.15, 0.2) is 0 Å². The molecular formula is C15H21N3O2S. The number of aryl methyl sites for hydroxylation is 1. The lowest BCUT2D eigenvalue weighted by Crippen LogP contribution is -2.38. The number of sulfonamides is 1. The van der Waals surface area contributed by atoms with Gasteiger partial charge < -0.3 is 4.57 Å². The maximum Gasteiger partial charge on any atom is 0.215 e. The summed E-state index contributed by atoms with van der Waals surface area (Å²) in [5.74, 6) is 0.653. The molecule has 1 aliphatic rings. The van der Waals surface area contributed by atoms with E-state index in [4.69, 9.17) is 0 Å². The van der Waals surface area contributed by atoms with Gasteiger partial charge in [-0.2, -0.15) is 0 Å². The second-order valence-electron chi connectivity index (χ2n) is 5.84. The summed E-state index contributed by atoms with van der Waals surface area (Å²) < 4.78 is 28.3. The predicted octanol–water partition coefficient (Wildman–Crippen LogP) is 2.10. The number of benzene rings is 1. The van der Waals surface area contributed by atoms with Crippen molar-refractivity contribution in [1.29, 1.82) is 0 Å². The van der Waals surface area contributed by atoms with E-state index in [0.717, 1.165) is 23.9 Å². The summed E-state index contributed by atoms with van der Waals surface area (Å²) in [4.78, 5) is 4.29. The van der Waals surface area contributed by atoms with E-state index in [1.54, 1.807) is 17.7 Å². The highest BCUT2D eigenvalue weighted by molar-refractivity contribution is 7.89. The molecule has 1 atom stereocenters. The Kier molecular flexibility index (Phi) is 3.75. The van der Waals surface area contributed by atoms with Crippen LogP contribution in [0.25, 0.3) is 11.0 Å². The monoisotopic (exact) mass is 307 g/mol. The standard InChI is InChI=1S/C15H21N3O2S/c1-12(13-7-8-13)17(2)21(19,20)10-9-18-11-16-14-5-3-4-6-15(14)18/h3-6,11-13H,7-10H2,1-2H3/t12-/m0/s1. The average Bonchev–Trinajstić information content (AvgIpc) is 3.24. The minimum absolute atomic E-state index is 0.106. The number of fused-ring (bicyclic) bond motifs is 1. The molecule has 3 rings (SSSR count). The minimum Gasteiger partial charge on any atom is -0.330 e. The molecule has 0 spiro atoms. The van der Waals surface area contributed by atoms with Crippen LogP contribution in [-0.4, -0.2) is 41.1 Å². The van der Waals surface area contributed by atoms with Gasteiger partial charge >= 0.3 is 0 Å². The number of aromatic nitrogens is 2. The number of imidazole rings is 1. The van der Waals surface area contributed by atoms with Crippen LogP contribution in [0.5, 0.6) is 0 Å². The fraction of sp³-hybridized carbons (Fsp3) is 0.533. The molecular weight excluding hydrogens is 286 g/mol. The van der Waals surface area contributed by atoms with E-state index in [9.17, 15) is 8.42 Å². The zero-order chi connectivity index (χ0) is 15.0. The van der Waals surface area contributed by atoms with E-state index in [1.165, 1.54) is 0 Å². The van der Waals surface area contributed by atoms with E-state index >= 15 is 0 Å². The van der Waals surface area contributed by atoms with Crippen LogP contribution in [0.1, 0.15) is 19.8 Å². The largest absolute Gasteiger partial charge is 0.330 e. The van der Waals surface area contributed by atoms with E-state index in [-0.39, 0.29) is 11.8 Å². The lowest BCUT2D eigenvalue weighted by molar-refractivity contribution is 0.356. The van der Waals surface area contributed by atoms with Crippen molar-refractivity contribution in [2.24, 2.45) is 5.92 Å². The Labute approximate surface area is 125 Å². The maximum absolute atomic E-state index is 12.4. The summed E-state index contributed by atoms with van der Waals surface area (Å²) in [6.45, 7) is 2.44. The molecule has 2 aromatic rings. The number of hydrogen-bond donors (Lipinski definition) is 0. The third kappa shape index (κ3) is 2.96. The summed E-state index contributed by atoms with van der Waals surface area (Å²) in [6, 6.07) is 7.87. The van der Waals surface area contributed by atoms with Crippen LogP contribution in [0.3, 0.4) is 0 Å². The Hall–Kier alpha value is -1.40. The number of hydrogen-bond acceptors (Lipinski definition) is 3. The van der Waals surface area contributed by atoms with Crippen LogP contribution >= 0.6 is 0 Å². The summed E-state index contributed by atoms with van der Waals surface area (Å²) >= 11 is 0. The Morgan fingerprint density at radius 1 is 1.38 bits per heavy atom. The van der Waals surface area contributed by atoms with Crippen molar-refractivity contribution in [2.75, 3.05) is 12.8 Å². The zero-order valence-electron chi connectivity index (χ0n) is 12.4. The molecule has 0 aliphatic heterocycles. The molecule has 0 saturated heterocycles. The third-order valence-corrected chi connectivity index (χ3v) is 6.34. The molecule has 1 aromatic heterocycles. The molecule has 114 valence electrons. The van der Waals surface area contributed by atoms with Crippen LogP contribution in [0.4, 0.5) is 0 Å². The van der Waals surface area contributed by atoms with Crippen molar-refractivity contribution in [2.45, 2.75) is 32.4 Å². The van der Waals surface area contributed by atoms with Crippen LogP contribution in [0.2, 0.25) is 0 Å². The van der Waals surface area contributed by atoms with Crippen molar-refractivity contribution >= 4 is 21.1 Å². The molecule has 0 unspecified atom stereocenters. The number of rotatable bonds is 6. The molecule has 1 fully saturated rings. The molecule has 6 heteroatoms. The van der Waals surface area contributed by atoms with Gasteiger partial charge in [0.1, 0.15) is 0 Å². The van der Waals surface area contributed by atoms with Gasteiger partial charge in [-0.1, -0.05) is 12.1 Å². The Morgan fingerprint density at radius 3 is 2.81 bits per heavy atom. The van der Waals surface area contributed by atoms with Gasteiger partial charge in [-0.05, 0) is 37.8 Å². The van der Waals surface area contributed by atoms with Crippen molar-refractivity contribution in [3.8, 4) is 0 Å². The maximum atomic E-state index is 12.4. The topological polar surface area (TPSA) is 55.2 Å². The van der Waals surface area contributed by atoms with Crippen molar-refractivity contribution < 1.29 is 8.42 Å². The molecule has 21 heavy (non-hydrogen) atoms. The molecule has 0 bridgehead atoms. The third-order valence-electron chi connectivity index (χ3n) is 4.43. The fourth-order valence-corrected chi connectivity index (χ4v) is 4.07. The first-order valence-corrected chi connectivity index (χ1v) is 8.95. The van der Waals surface area contributed by atoms with E-state index in [2.05, 4.69) is 4.98 Å². The van der Waals surface area contributed by atoms with Gasteiger partial charge in [-0.3, -0.25) is 0 Å². The van der Waals surface area contributed by atoms with Gasteiger partial charge in [-0.25, -0.2) is 17.7 Å². The highest BCUT2D eigenvalue weighted by Gasteiger charge is 2.35. The van der Waals surface area contributed by atoms with Crippen molar-refractivity contribution in [3.05, 3.63) is 30.6 Å². The van der Waals surface area contributed by atoms with Gasteiger partial charge in [0.25, 0.3) is 0 Å². The van der Waals surface area contributed by atoms with Gasteiger partial charge in [0, 0.05) is 19.6 Å². The first kappa shape index (κ1) is 14.5. The Morgan fingerprint density at radius 2 is 2.10 bits per heavy atom. The summed E-state index contributed by atoms with van der Waals surface area (Å²) in [7, 11) is -1.53. The number of para-hydroxylation sites is 2. The molecule has 0 amide bonds. The van der Waals surface area contributed by atoms with Crippen LogP contribution < -0.4 is 0 Å². The molecule has 0 radical (unpaired) electrons. The smallest absolute Gasteiger partial charge is 0.215 e. The van der Waals surface area contributed by atoms with Gasteiger partial charge in [0.05, 0.1) is 23.1 Å². The van der Waals surface area contributed by atoms with Crippen LogP contribution in [-0.2, 0) is 16.6 Å². The molecule has 1 aliphatic carbocycles. The average molecular weight is 307 g/mol. The predicted molar refractivity (Wildman–Crippen MR) is 83.5 cm³/mol.